The Morgan fingerprint density at radius 2 is 1.91 bits per heavy atom. The molecule has 0 aromatic heterocycles. The molecule has 1 aliphatic rings. The summed E-state index contributed by atoms with van der Waals surface area (Å²) in [5, 5.41) is 5.01. The van der Waals surface area contributed by atoms with Gasteiger partial charge in [-0.15, -0.1) is 0 Å². The first-order chi connectivity index (χ1) is 10.9. The van der Waals surface area contributed by atoms with Crippen molar-refractivity contribution in [1.82, 2.24) is 4.31 Å². The van der Waals surface area contributed by atoms with Gasteiger partial charge in [0.15, 0.2) is 0 Å². The Morgan fingerprint density at radius 1 is 1.17 bits per heavy atom. The number of nitrogens with zero attached hydrogens (tertiary/aromatic N) is 1. The third-order valence-corrected chi connectivity index (χ3v) is 5.54. The molecule has 5 nitrogen and oxygen atoms in total. The number of carbonyl (C=O) groups excluding carboxylic acids is 1. The van der Waals surface area contributed by atoms with Crippen LogP contribution in [0.5, 0.6) is 0 Å². The zero-order valence-corrected chi connectivity index (χ0v) is 13.8. The number of amides is 1. The summed E-state index contributed by atoms with van der Waals surface area (Å²) in [7, 11) is -3.25. The summed E-state index contributed by atoms with van der Waals surface area (Å²) in [5.41, 5.74) is 0.768. The minimum absolute atomic E-state index is 0.116. The van der Waals surface area contributed by atoms with Crippen molar-refractivity contribution < 1.29 is 13.2 Å². The number of hydrogen-bond acceptors (Lipinski definition) is 3. The molecule has 1 atom stereocenters. The first kappa shape index (κ1) is 16.0. The molecule has 3 rings (SSSR count). The van der Waals surface area contributed by atoms with Crippen molar-refractivity contribution in [3.05, 3.63) is 42.5 Å². The molecule has 1 amide bonds. The zero-order chi connectivity index (χ0) is 16.4. The largest absolute Gasteiger partial charge is 0.325 e. The molecule has 0 aliphatic carbocycles. The Labute approximate surface area is 136 Å². The van der Waals surface area contributed by atoms with Gasteiger partial charge in [0, 0.05) is 24.2 Å². The van der Waals surface area contributed by atoms with E-state index < -0.39 is 10.0 Å². The van der Waals surface area contributed by atoms with Gasteiger partial charge in [-0.3, -0.25) is 4.79 Å². The molecule has 0 spiro atoms. The smallest absolute Gasteiger partial charge is 0.228 e. The lowest BCUT2D eigenvalue weighted by molar-refractivity contribution is -0.120. The molecule has 0 bridgehead atoms. The number of carbonyl (C=O) groups is 1. The van der Waals surface area contributed by atoms with Crippen molar-refractivity contribution in [2.45, 2.75) is 12.8 Å². The molecule has 122 valence electrons. The lowest BCUT2D eigenvalue weighted by Gasteiger charge is -2.30. The van der Waals surface area contributed by atoms with Crippen LogP contribution in [0.15, 0.2) is 42.5 Å². The summed E-state index contributed by atoms with van der Waals surface area (Å²) in [5.74, 6) is -0.424. The highest BCUT2D eigenvalue weighted by Crippen LogP contribution is 2.25. The van der Waals surface area contributed by atoms with E-state index in [1.807, 2.05) is 42.5 Å². The molecule has 1 saturated heterocycles. The normalized spacial score (nSPS) is 19.6. The second-order valence-corrected chi connectivity index (χ2v) is 7.96. The topological polar surface area (TPSA) is 66.5 Å². The van der Waals surface area contributed by atoms with Crippen LogP contribution in [-0.2, 0) is 14.8 Å². The molecule has 0 saturated carbocycles. The van der Waals surface area contributed by atoms with E-state index in [-0.39, 0.29) is 18.4 Å². The molecule has 2 aromatic rings. The van der Waals surface area contributed by atoms with Crippen LogP contribution >= 0.6 is 0 Å². The molecule has 1 heterocycles. The van der Waals surface area contributed by atoms with Crippen LogP contribution in [-0.4, -0.2) is 38.0 Å². The number of fused-ring (bicyclic) bond motifs is 1. The van der Waals surface area contributed by atoms with Crippen LogP contribution in [0.25, 0.3) is 10.8 Å². The fraction of sp³-hybridized carbons (Fsp3) is 0.353. The van der Waals surface area contributed by atoms with E-state index in [1.165, 1.54) is 10.6 Å². The summed E-state index contributed by atoms with van der Waals surface area (Å²) in [6.07, 6.45) is 2.61. The van der Waals surface area contributed by atoms with Gasteiger partial charge in [-0.25, -0.2) is 12.7 Å². The fourth-order valence-electron chi connectivity index (χ4n) is 3.03. The number of benzene rings is 2. The first-order valence-electron chi connectivity index (χ1n) is 7.69. The Hall–Kier alpha value is -1.92. The second kappa shape index (κ2) is 6.29. The third-order valence-electron chi connectivity index (χ3n) is 4.27. The molecule has 1 N–H and O–H groups in total. The lowest BCUT2D eigenvalue weighted by atomic mass is 9.98. The molecule has 23 heavy (non-hydrogen) atoms. The first-order valence-corrected chi connectivity index (χ1v) is 9.54. The number of piperidine rings is 1. The van der Waals surface area contributed by atoms with Crippen molar-refractivity contribution in [1.29, 1.82) is 0 Å². The van der Waals surface area contributed by atoms with Crippen LogP contribution in [0.4, 0.5) is 5.69 Å². The van der Waals surface area contributed by atoms with E-state index in [1.54, 1.807) is 0 Å². The van der Waals surface area contributed by atoms with Gasteiger partial charge in [-0.05, 0) is 24.3 Å². The quantitative estimate of drug-likeness (QED) is 0.939. The second-order valence-electron chi connectivity index (χ2n) is 5.98. The molecular weight excluding hydrogens is 312 g/mol. The number of nitrogens with one attached hydrogen (secondary N) is 1. The summed E-state index contributed by atoms with van der Waals surface area (Å²) < 4.78 is 24.8. The summed E-state index contributed by atoms with van der Waals surface area (Å²) in [6.45, 7) is 0.756. The van der Waals surface area contributed by atoms with Crippen molar-refractivity contribution in [2.24, 2.45) is 5.92 Å². The Balaban J connectivity index is 1.78. The highest BCUT2D eigenvalue weighted by Gasteiger charge is 2.30. The third kappa shape index (κ3) is 3.54. The number of rotatable bonds is 3. The van der Waals surface area contributed by atoms with Gasteiger partial charge < -0.3 is 5.32 Å². The maximum absolute atomic E-state index is 12.6. The van der Waals surface area contributed by atoms with Crippen LogP contribution in [0.3, 0.4) is 0 Å². The van der Waals surface area contributed by atoms with Gasteiger partial charge in [-0.1, -0.05) is 36.4 Å². The van der Waals surface area contributed by atoms with Crippen molar-refractivity contribution in [3.8, 4) is 0 Å². The van der Waals surface area contributed by atoms with Crippen molar-refractivity contribution >= 4 is 32.4 Å². The van der Waals surface area contributed by atoms with E-state index in [0.29, 0.717) is 19.4 Å². The van der Waals surface area contributed by atoms with E-state index in [9.17, 15) is 13.2 Å². The molecule has 2 aromatic carbocycles. The van der Waals surface area contributed by atoms with Crippen LogP contribution < -0.4 is 5.32 Å². The Morgan fingerprint density at radius 3 is 2.70 bits per heavy atom. The Kier molecular flexibility index (Phi) is 4.37. The highest BCUT2D eigenvalue weighted by molar-refractivity contribution is 7.88. The van der Waals surface area contributed by atoms with Crippen LogP contribution in [0.2, 0.25) is 0 Å². The summed E-state index contributed by atoms with van der Waals surface area (Å²) in [6, 6.07) is 13.6. The molecule has 1 fully saturated rings. The SMILES string of the molecule is CS(=O)(=O)N1CCC[C@H](C(=O)Nc2cccc3ccccc23)C1. The molecule has 6 heteroatoms. The number of hydrogen-bond donors (Lipinski definition) is 1. The van der Waals surface area contributed by atoms with Gasteiger partial charge in [-0.2, -0.15) is 0 Å². The van der Waals surface area contributed by atoms with Crippen molar-refractivity contribution in [3.63, 3.8) is 0 Å². The Bertz CT molecular complexity index is 827. The van der Waals surface area contributed by atoms with Gasteiger partial charge in [0.05, 0.1) is 12.2 Å². The van der Waals surface area contributed by atoms with Crippen LogP contribution in [0.1, 0.15) is 12.8 Å². The van der Waals surface area contributed by atoms with Gasteiger partial charge in [0.1, 0.15) is 0 Å². The van der Waals surface area contributed by atoms with Gasteiger partial charge >= 0.3 is 0 Å². The molecule has 0 radical (unpaired) electrons. The maximum Gasteiger partial charge on any atom is 0.228 e. The number of anilines is 1. The zero-order valence-electron chi connectivity index (χ0n) is 13.0. The predicted molar refractivity (Wildman–Crippen MR) is 91.7 cm³/mol. The van der Waals surface area contributed by atoms with E-state index in [2.05, 4.69) is 5.32 Å². The number of sulfonamides is 1. The maximum atomic E-state index is 12.6. The van der Waals surface area contributed by atoms with Crippen molar-refractivity contribution in [2.75, 3.05) is 24.7 Å². The average molecular weight is 332 g/mol. The highest BCUT2D eigenvalue weighted by atomic mass is 32.2. The van der Waals surface area contributed by atoms with Gasteiger partial charge in [0.25, 0.3) is 0 Å². The molecule has 0 unspecified atom stereocenters. The summed E-state index contributed by atoms with van der Waals surface area (Å²) >= 11 is 0. The minimum atomic E-state index is -3.25. The minimum Gasteiger partial charge on any atom is -0.325 e. The van der Waals surface area contributed by atoms with E-state index in [0.717, 1.165) is 16.5 Å². The van der Waals surface area contributed by atoms with Gasteiger partial charge in [0.2, 0.25) is 15.9 Å². The molecular formula is C17H20N2O3S. The van der Waals surface area contributed by atoms with E-state index >= 15 is 0 Å². The monoisotopic (exact) mass is 332 g/mol. The van der Waals surface area contributed by atoms with Crippen LogP contribution in [0, 0.1) is 5.92 Å². The average Bonchev–Trinajstić information content (AvgIpc) is 2.54. The fourth-order valence-corrected chi connectivity index (χ4v) is 3.94. The predicted octanol–water partition coefficient (Wildman–Crippen LogP) is 2.45. The molecule has 1 aliphatic heterocycles. The standard InChI is InChI=1S/C17H20N2O3S/c1-23(21,22)19-11-5-8-14(12-19)17(20)18-16-10-4-7-13-6-2-3-9-15(13)16/h2-4,6-7,9-10,14H,5,8,11-12H2,1H3,(H,18,20)/t14-/m0/s1. The van der Waals surface area contributed by atoms with E-state index in [4.69, 9.17) is 0 Å². The summed E-state index contributed by atoms with van der Waals surface area (Å²) in [4.78, 5) is 12.6. The lowest BCUT2D eigenvalue weighted by Crippen LogP contribution is -2.43.